The first kappa shape index (κ1) is 20.4. The molecule has 0 aliphatic carbocycles. The van der Waals surface area contributed by atoms with E-state index >= 15 is 0 Å². The summed E-state index contributed by atoms with van der Waals surface area (Å²) in [5, 5.41) is 2.78. The Bertz CT molecular complexity index is 790. The minimum absolute atomic E-state index is 0.0425. The van der Waals surface area contributed by atoms with E-state index in [0.717, 1.165) is 32.0 Å². The molecule has 6 nitrogen and oxygen atoms in total. The van der Waals surface area contributed by atoms with Gasteiger partial charge >= 0.3 is 0 Å². The molecule has 2 saturated heterocycles. The highest BCUT2D eigenvalue weighted by molar-refractivity contribution is 8.16. The maximum absolute atomic E-state index is 12.2. The number of nitrogens with zero attached hydrogens (tertiary/aromatic N) is 2. The van der Waals surface area contributed by atoms with Gasteiger partial charge in [0.2, 0.25) is 0 Å². The molecule has 0 spiro atoms. The van der Waals surface area contributed by atoms with Crippen LogP contribution in [-0.4, -0.2) is 55.3 Å². The Hall–Kier alpha value is -1.90. The van der Waals surface area contributed by atoms with E-state index in [0.29, 0.717) is 16.1 Å². The Labute approximate surface area is 179 Å². The van der Waals surface area contributed by atoms with E-state index in [1.807, 2.05) is 47.8 Å². The van der Waals surface area contributed by atoms with Crippen LogP contribution in [0.2, 0.25) is 0 Å². The molecule has 0 saturated carbocycles. The Balaban J connectivity index is 1.24. The number of carbonyl (C=O) groups excluding carboxylic acids is 1. The first-order valence-electron chi connectivity index (χ1n) is 9.82. The van der Waals surface area contributed by atoms with E-state index in [1.165, 1.54) is 23.5 Å². The van der Waals surface area contributed by atoms with Crippen molar-refractivity contribution in [1.82, 2.24) is 4.98 Å². The van der Waals surface area contributed by atoms with Crippen LogP contribution in [-0.2, 0) is 9.53 Å². The summed E-state index contributed by atoms with van der Waals surface area (Å²) in [6.45, 7) is 3.14. The summed E-state index contributed by atoms with van der Waals surface area (Å²) in [5.74, 6) is 3.44. The summed E-state index contributed by atoms with van der Waals surface area (Å²) in [5.41, 5.74) is 2.35. The predicted molar refractivity (Wildman–Crippen MR) is 120 cm³/mol. The number of aromatic nitrogens is 1. The number of hydrogen-bond donors (Lipinski definition) is 1. The number of amides is 1. The number of morpholine rings is 1. The lowest BCUT2D eigenvalue weighted by Gasteiger charge is -2.28. The van der Waals surface area contributed by atoms with Gasteiger partial charge in [0, 0.05) is 13.1 Å². The van der Waals surface area contributed by atoms with Crippen LogP contribution >= 0.6 is 23.5 Å². The zero-order valence-electron chi connectivity index (χ0n) is 16.2. The molecule has 2 fully saturated rings. The number of benzene rings is 1. The van der Waals surface area contributed by atoms with Gasteiger partial charge in [0.15, 0.2) is 6.61 Å². The van der Waals surface area contributed by atoms with Crippen LogP contribution in [0.15, 0.2) is 42.6 Å². The molecular formula is C21H25N3O3S2. The van der Waals surface area contributed by atoms with Gasteiger partial charge in [-0.1, -0.05) is 12.1 Å². The standard InChI is InChI=1S/C21H25N3O3S2/c25-20(23-19-7-4-17(14-22-19)24-8-10-26-11-9-24)15-27-18-5-2-16(3-6-18)21-28-12-1-13-29-21/h2-7,14,21H,1,8-13,15H2,(H,22,23,25). The van der Waals surface area contributed by atoms with Gasteiger partial charge in [-0.2, -0.15) is 0 Å². The zero-order valence-corrected chi connectivity index (χ0v) is 17.8. The lowest BCUT2D eigenvalue weighted by molar-refractivity contribution is -0.118. The van der Waals surface area contributed by atoms with Crippen LogP contribution in [0.25, 0.3) is 0 Å². The highest BCUT2D eigenvalue weighted by Crippen LogP contribution is 2.43. The largest absolute Gasteiger partial charge is 0.484 e. The van der Waals surface area contributed by atoms with Crippen LogP contribution in [0.4, 0.5) is 11.5 Å². The highest BCUT2D eigenvalue weighted by Gasteiger charge is 2.16. The fourth-order valence-electron chi connectivity index (χ4n) is 3.20. The minimum Gasteiger partial charge on any atom is -0.484 e. The molecule has 0 bridgehead atoms. The molecule has 8 heteroatoms. The van der Waals surface area contributed by atoms with Crippen molar-refractivity contribution in [2.24, 2.45) is 0 Å². The summed E-state index contributed by atoms with van der Waals surface area (Å²) in [4.78, 5) is 18.7. The second-order valence-electron chi connectivity index (χ2n) is 6.83. The number of rotatable bonds is 6. The Kier molecular flexibility index (Phi) is 7.18. The van der Waals surface area contributed by atoms with Crippen molar-refractivity contribution in [3.05, 3.63) is 48.2 Å². The molecule has 2 aliphatic rings. The maximum atomic E-state index is 12.2. The number of thioether (sulfide) groups is 2. The Morgan fingerprint density at radius 1 is 1.14 bits per heavy atom. The second kappa shape index (κ2) is 10.2. The number of hydrogen-bond acceptors (Lipinski definition) is 7. The van der Waals surface area contributed by atoms with Gasteiger partial charge in [0.25, 0.3) is 5.91 Å². The van der Waals surface area contributed by atoms with Gasteiger partial charge in [-0.3, -0.25) is 4.79 Å². The third kappa shape index (κ3) is 5.81. The van der Waals surface area contributed by atoms with Crippen LogP contribution < -0.4 is 15.0 Å². The summed E-state index contributed by atoms with van der Waals surface area (Å²) in [6.07, 6.45) is 3.06. The van der Waals surface area contributed by atoms with E-state index < -0.39 is 0 Å². The van der Waals surface area contributed by atoms with Gasteiger partial charge in [0.05, 0.1) is 29.7 Å². The van der Waals surface area contributed by atoms with Crippen molar-refractivity contribution in [3.63, 3.8) is 0 Å². The van der Waals surface area contributed by atoms with Crippen LogP contribution in [0.5, 0.6) is 5.75 Å². The first-order chi connectivity index (χ1) is 14.3. The SMILES string of the molecule is O=C(COc1ccc(C2SCCCS2)cc1)Nc1ccc(N2CCOCC2)cn1. The molecule has 3 heterocycles. The van der Waals surface area contributed by atoms with E-state index in [1.54, 1.807) is 6.20 Å². The van der Waals surface area contributed by atoms with Crippen molar-refractivity contribution in [1.29, 1.82) is 0 Å². The van der Waals surface area contributed by atoms with Gasteiger partial charge in [0.1, 0.15) is 11.6 Å². The fourth-order valence-corrected chi connectivity index (χ4v) is 6.09. The number of anilines is 2. The smallest absolute Gasteiger partial charge is 0.263 e. The highest BCUT2D eigenvalue weighted by atomic mass is 32.2. The number of nitrogens with one attached hydrogen (secondary N) is 1. The topological polar surface area (TPSA) is 63.7 Å². The molecule has 1 aromatic carbocycles. The van der Waals surface area contributed by atoms with E-state index in [-0.39, 0.29) is 12.5 Å². The monoisotopic (exact) mass is 431 g/mol. The Morgan fingerprint density at radius 2 is 1.90 bits per heavy atom. The van der Waals surface area contributed by atoms with Gasteiger partial charge in [-0.25, -0.2) is 4.98 Å². The lowest BCUT2D eigenvalue weighted by atomic mass is 10.2. The molecule has 4 rings (SSSR count). The number of ether oxygens (including phenoxy) is 2. The molecule has 0 atom stereocenters. The fraction of sp³-hybridized carbons (Fsp3) is 0.429. The molecule has 29 heavy (non-hydrogen) atoms. The summed E-state index contributed by atoms with van der Waals surface area (Å²) >= 11 is 3.99. The summed E-state index contributed by atoms with van der Waals surface area (Å²) in [6, 6.07) is 11.8. The molecule has 0 unspecified atom stereocenters. The predicted octanol–water partition coefficient (Wildman–Crippen LogP) is 3.80. The van der Waals surface area contributed by atoms with E-state index in [4.69, 9.17) is 9.47 Å². The van der Waals surface area contributed by atoms with Gasteiger partial charge in [-0.15, -0.1) is 23.5 Å². The van der Waals surface area contributed by atoms with E-state index in [2.05, 4.69) is 27.3 Å². The quantitative estimate of drug-likeness (QED) is 0.746. The van der Waals surface area contributed by atoms with Crippen molar-refractivity contribution >= 4 is 40.9 Å². The van der Waals surface area contributed by atoms with Gasteiger partial charge < -0.3 is 19.7 Å². The molecule has 154 valence electrons. The number of carbonyl (C=O) groups is 1. The second-order valence-corrected chi connectivity index (χ2v) is 9.56. The minimum atomic E-state index is -0.223. The van der Waals surface area contributed by atoms with Gasteiger partial charge in [-0.05, 0) is 47.8 Å². The average Bonchev–Trinajstić information content (AvgIpc) is 2.80. The normalized spacial score (nSPS) is 17.7. The molecule has 1 N–H and O–H groups in total. The molecule has 1 amide bonds. The first-order valence-corrected chi connectivity index (χ1v) is 11.9. The van der Waals surface area contributed by atoms with Crippen LogP contribution in [0, 0.1) is 0 Å². The number of pyridine rings is 1. The molecule has 0 radical (unpaired) electrons. The van der Waals surface area contributed by atoms with Crippen molar-refractivity contribution in [3.8, 4) is 5.75 Å². The zero-order chi connectivity index (χ0) is 19.9. The lowest BCUT2D eigenvalue weighted by Crippen LogP contribution is -2.36. The maximum Gasteiger partial charge on any atom is 0.263 e. The average molecular weight is 432 g/mol. The molecule has 2 aromatic rings. The third-order valence-corrected chi connectivity index (χ3v) is 7.76. The third-order valence-electron chi connectivity index (χ3n) is 4.74. The van der Waals surface area contributed by atoms with Crippen molar-refractivity contribution in [2.75, 3.05) is 54.6 Å². The van der Waals surface area contributed by atoms with Crippen molar-refractivity contribution < 1.29 is 14.3 Å². The molecule has 2 aliphatic heterocycles. The van der Waals surface area contributed by atoms with Crippen LogP contribution in [0.3, 0.4) is 0 Å². The summed E-state index contributed by atoms with van der Waals surface area (Å²) < 4.78 is 11.5. The molecular weight excluding hydrogens is 406 g/mol. The summed E-state index contributed by atoms with van der Waals surface area (Å²) in [7, 11) is 0. The van der Waals surface area contributed by atoms with E-state index in [9.17, 15) is 4.79 Å². The van der Waals surface area contributed by atoms with Crippen molar-refractivity contribution in [2.45, 2.75) is 11.0 Å². The van der Waals surface area contributed by atoms with Crippen LogP contribution in [0.1, 0.15) is 16.6 Å². The molecule has 1 aromatic heterocycles. The Morgan fingerprint density at radius 3 is 2.59 bits per heavy atom.